The van der Waals surface area contributed by atoms with E-state index in [0.717, 1.165) is 0 Å². The van der Waals surface area contributed by atoms with Crippen molar-refractivity contribution in [1.82, 2.24) is 0 Å². The van der Waals surface area contributed by atoms with Gasteiger partial charge in [-0.1, -0.05) is 14.4 Å². The van der Waals surface area contributed by atoms with Crippen molar-refractivity contribution in [3.05, 3.63) is 11.9 Å². The number of carbonyl (C=O) groups is 1. The molecule has 0 rings (SSSR count). The van der Waals surface area contributed by atoms with E-state index in [1.165, 1.54) is 0 Å². The number of halogens is 1. The first-order chi connectivity index (χ1) is 3.72. The van der Waals surface area contributed by atoms with Crippen LogP contribution < -0.4 is 5.73 Å². The van der Waals surface area contributed by atoms with Crippen LogP contribution in [0.5, 0.6) is 0 Å². The van der Waals surface area contributed by atoms with Crippen molar-refractivity contribution in [2.24, 2.45) is 5.73 Å². The summed E-state index contributed by atoms with van der Waals surface area (Å²) in [5.41, 5.74) is 4.74. The summed E-state index contributed by atoms with van der Waals surface area (Å²) in [7, 11) is 0. The fourth-order valence-corrected chi connectivity index (χ4v) is 0.305. The summed E-state index contributed by atoms with van der Waals surface area (Å²) in [5.74, 6) is -0.685. The van der Waals surface area contributed by atoms with Crippen LogP contribution in [0.1, 0.15) is 20.8 Å². The summed E-state index contributed by atoms with van der Waals surface area (Å²) in [5, 5.41) is 0. The molecule has 0 aliphatic rings. The molecule has 3 heteroatoms. The predicted octanol–water partition coefficient (Wildman–Crippen LogP) is 1.37. The van der Waals surface area contributed by atoms with Gasteiger partial charge >= 0.3 is 0 Å². The second-order valence-corrected chi connectivity index (χ2v) is 1.35. The molecule has 0 heterocycles. The molecule has 0 aromatic carbocycles. The molecule has 0 aromatic heterocycles. The van der Waals surface area contributed by atoms with Gasteiger partial charge in [0.15, 0.2) is 0 Å². The van der Waals surface area contributed by atoms with Gasteiger partial charge < -0.3 is 5.73 Å². The van der Waals surface area contributed by atoms with Crippen LogP contribution in [0.2, 0.25) is 0 Å². The van der Waals surface area contributed by atoms with E-state index in [-0.39, 0.29) is 19.3 Å². The average molecular weight is 133 g/mol. The number of rotatable bonds is 2. The number of amides is 1. The van der Waals surface area contributed by atoms with Gasteiger partial charge in [-0.2, -0.15) is 0 Å². The van der Waals surface area contributed by atoms with Crippen molar-refractivity contribution in [3.8, 4) is 0 Å². The predicted molar refractivity (Wildman–Crippen MR) is 35.4 cm³/mol. The summed E-state index contributed by atoms with van der Waals surface area (Å²) >= 11 is 0. The first-order valence-corrected chi connectivity index (χ1v) is 2.31. The fourth-order valence-electron chi connectivity index (χ4n) is 0.305. The number of carbonyl (C=O) groups excluding carboxylic acids is 1. The lowest BCUT2D eigenvalue weighted by molar-refractivity contribution is -0.114. The van der Waals surface area contributed by atoms with Crippen LogP contribution in [-0.2, 0) is 4.79 Å². The highest BCUT2D eigenvalue weighted by Crippen LogP contribution is 1.97. The zero-order chi connectivity index (χ0) is 6.57. The summed E-state index contributed by atoms with van der Waals surface area (Å²) in [6.07, 6.45) is 0.591. The van der Waals surface area contributed by atoms with Gasteiger partial charge in [0.1, 0.15) is 0 Å². The van der Waals surface area contributed by atoms with Crippen molar-refractivity contribution in [3.63, 3.8) is 0 Å². The Kier molecular flexibility index (Phi) is 6.46. The minimum Gasteiger partial charge on any atom is -0.366 e. The summed E-state index contributed by atoms with van der Waals surface area (Å²) in [6.45, 7) is 1.66. The Morgan fingerprint density at radius 2 is 2.22 bits per heavy atom. The molecule has 0 radical (unpaired) electrons. The molecule has 2 N–H and O–H groups in total. The molecule has 0 bridgehead atoms. The standard InChI is InChI=1S/C5H8FNO.CH4/c1-2-4(3-6)5(7)8;/h3H,2H2,1H3,(H2,7,8);1H4. The van der Waals surface area contributed by atoms with Gasteiger partial charge in [-0.3, -0.25) is 4.79 Å². The molecule has 0 aliphatic heterocycles. The maximum absolute atomic E-state index is 11.4. The molecule has 0 atom stereocenters. The SMILES string of the molecule is C.CCC(=CF)C(N)=O. The van der Waals surface area contributed by atoms with Gasteiger partial charge in [-0.25, -0.2) is 4.39 Å². The van der Waals surface area contributed by atoms with Crippen molar-refractivity contribution in [1.29, 1.82) is 0 Å². The van der Waals surface area contributed by atoms with Gasteiger partial charge in [-0.15, -0.1) is 0 Å². The zero-order valence-corrected chi connectivity index (χ0v) is 4.65. The lowest BCUT2D eigenvalue weighted by atomic mass is 10.2. The summed E-state index contributed by atoms with van der Waals surface area (Å²) in [4.78, 5) is 10.1. The van der Waals surface area contributed by atoms with E-state index in [9.17, 15) is 9.18 Å². The molecule has 9 heavy (non-hydrogen) atoms. The third kappa shape index (κ3) is 3.70. The van der Waals surface area contributed by atoms with Crippen LogP contribution in [0.25, 0.3) is 0 Å². The van der Waals surface area contributed by atoms with Crippen molar-refractivity contribution in [2.75, 3.05) is 0 Å². The lowest BCUT2D eigenvalue weighted by Crippen LogP contribution is -2.12. The average Bonchev–Trinajstić information content (AvgIpc) is 1.69. The maximum Gasteiger partial charge on any atom is 0.246 e. The molecule has 54 valence electrons. The van der Waals surface area contributed by atoms with Gasteiger partial charge in [0.25, 0.3) is 0 Å². The van der Waals surface area contributed by atoms with Crippen LogP contribution >= 0.6 is 0 Å². The van der Waals surface area contributed by atoms with Crippen LogP contribution in [0, 0.1) is 0 Å². The molecule has 1 amide bonds. The molecule has 0 saturated carbocycles. The van der Waals surface area contributed by atoms with Crippen LogP contribution in [0.4, 0.5) is 4.39 Å². The summed E-state index contributed by atoms with van der Waals surface area (Å²) < 4.78 is 11.4. The van der Waals surface area contributed by atoms with Gasteiger partial charge in [0.2, 0.25) is 5.91 Å². The van der Waals surface area contributed by atoms with Crippen LogP contribution in [0.3, 0.4) is 0 Å². The molecule has 0 aliphatic carbocycles. The third-order valence-electron chi connectivity index (χ3n) is 0.829. The molecule has 0 unspecified atom stereocenters. The molecule has 2 nitrogen and oxygen atoms in total. The highest BCUT2D eigenvalue weighted by atomic mass is 19.1. The van der Waals surface area contributed by atoms with Crippen LogP contribution in [-0.4, -0.2) is 5.91 Å². The van der Waals surface area contributed by atoms with E-state index in [2.05, 4.69) is 0 Å². The third-order valence-corrected chi connectivity index (χ3v) is 0.829. The first kappa shape index (κ1) is 11.0. The van der Waals surface area contributed by atoms with Crippen molar-refractivity contribution < 1.29 is 9.18 Å². The molecule has 0 fully saturated rings. The van der Waals surface area contributed by atoms with E-state index in [1.54, 1.807) is 6.92 Å². The lowest BCUT2D eigenvalue weighted by Gasteiger charge is -1.90. The van der Waals surface area contributed by atoms with E-state index in [1.807, 2.05) is 0 Å². The van der Waals surface area contributed by atoms with Crippen molar-refractivity contribution in [2.45, 2.75) is 20.8 Å². The fraction of sp³-hybridized carbons (Fsp3) is 0.500. The topological polar surface area (TPSA) is 43.1 Å². The van der Waals surface area contributed by atoms with Gasteiger partial charge in [-0.05, 0) is 6.42 Å². The molecular formula is C6H12FNO. The Bertz CT molecular complexity index is 120. The molecule has 0 saturated heterocycles. The monoisotopic (exact) mass is 133 g/mol. The minimum atomic E-state index is -0.685. The molecule has 0 spiro atoms. The summed E-state index contributed by atoms with van der Waals surface area (Å²) in [6, 6.07) is 0. The largest absolute Gasteiger partial charge is 0.366 e. The van der Waals surface area contributed by atoms with E-state index in [0.29, 0.717) is 6.42 Å². The highest BCUT2D eigenvalue weighted by Gasteiger charge is 1.98. The first-order valence-electron chi connectivity index (χ1n) is 2.31. The van der Waals surface area contributed by atoms with E-state index >= 15 is 0 Å². The smallest absolute Gasteiger partial charge is 0.246 e. The Hall–Kier alpha value is -0.860. The minimum absolute atomic E-state index is 0. The zero-order valence-electron chi connectivity index (χ0n) is 4.65. The Labute approximate surface area is 54.5 Å². The second kappa shape index (κ2) is 5.28. The van der Waals surface area contributed by atoms with Crippen molar-refractivity contribution >= 4 is 5.91 Å². The normalized spacial score (nSPS) is 10.2. The van der Waals surface area contributed by atoms with Gasteiger partial charge in [0, 0.05) is 5.57 Å². The molecule has 0 aromatic rings. The number of hydrogen-bond acceptors (Lipinski definition) is 1. The second-order valence-electron chi connectivity index (χ2n) is 1.35. The van der Waals surface area contributed by atoms with Crippen LogP contribution in [0.15, 0.2) is 11.9 Å². The number of primary amides is 1. The highest BCUT2D eigenvalue weighted by molar-refractivity contribution is 5.91. The number of nitrogens with two attached hydrogens (primary N) is 1. The molecular weight excluding hydrogens is 121 g/mol. The van der Waals surface area contributed by atoms with E-state index < -0.39 is 5.91 Å². The quantitative estimate of drug-likeness (QED) is 0.568. The van der Waals surface area contributed by atoms with Gasteiger partial charge in [0.05, 0.1) is 6.33 Å². The Morgan fingerprint density at radius 1 is 1.78 bits per heavy atom. The van der Waals surface area contributed by atoms with E-state index in [4.69, 9.17) is 5.73 Å². The Balaban J connectivity index is 0. The Morgan fingerprint density at radius 3 is 2.22 bits per heavy atom. The number of hydrogen-bond donors (Lipinski definition) is 1. The maximum atomic E-state index is 11.4.